The maximum absolute atomic E-state index is 11.3. The van der Waals surface area contributed by atoms with Crippen molar-refractivity contribution in [3.63, 3.8) is 0 Å². The molecule has 0 saturated carbocycles. The molecule has 7 nitrogen and oxygen atoms in total. The second-order valence-electron chi connectivity index (χ2n) is 4.11. The summed E-state index contributed by atoms with van der Waals surface area (Å²) in [5, 5.41) is 17.1. The number of carboxylic acids is 1. The summed E-state index contributed by atoms with van der Waals surface area (Å²) in [7, 11) is -3.82. The van der Waals surface area contributed by atoms with Crippen LogP contribution in [0.1, 0.15) is 31.9 Å². The van der Waals surface area contributed by atoms with Crippen LogP contribution in [0.15, 0.2) is 4.21 Å². The lowest BCUT2D eigenvalue weighted by molar-refractivity contribution is -0.138. The van der Waals surface area contributed by atoms with E-state index in [2.05, 4.69) is 10.3 Å². The van der Waals surface area contributed by atoms with E-state index in [1.54, 1.807) is 0 Å². The van der Waals surface area contributed by atoms with Crippen LogP contribution in [-0.4, -0.2) is 30.5 Å². The number of aromatic nitrogens is 1. The first kappa shape index (κ1) is 15.9. The van der Waals surface area contributed by atoms with Crippen molar-refractivity contribution in [3.05, 3.63) is 5.69 Å². The van der Waals surface area contributed by atoms with Crippen molar-refractivity contribution in [2.45, 2.75) is 43.4 Å². The Balaban J connectivity index is 2.89. The number of primary sulfonamides is 1. The highest BCUT2D eigenvalue weighted by Gasteiger charge is 2.22. The second kappa shape index (κ2) is 6.31. The van der Waals surface area contributed by atoms with Crippen molar-refractivity contribution < 1.29 is 18.3 Å². The fourth-order valence-corrected chi connectivity index (χ4v) is 3.43. The molecule has 0 radical (unpaired) electrons. The largest absolute Gasteiger partial charge is 0.480 e. The number of aliphatic carboxylic acids is 1. The molecular formula is C10H17N3O4S2. The van der Waals surface area contributed by atoms with E-state index in [0.717, 1.165) is 24.2 Å². The highest BCUT2D eigenvalue weighted by Crippen LogP contribution is 2.26. The normalized spacial score (nSPS) is 13.2. The number of sulfonamides is 1. The van der Waals surface area contributed by atoms with E-state index in [-0.39, 0.29) is 15.0 Å². The first-order chi connectivity index (χ1) is 8.75. The summed E-state index contributed by atoms with van der Waals surface area (Å²) in [5.41, 5.74) is 0.273. The van der Waals surface area contributed by atoms with Gasteiger partial charge >= 0.3 is 5.97 Å². The van der Waals surface area contributed by atoms with Gasteiger partial charge in [-0.2, -0.15) is 0 Å². The van der Waals surface area contributed by atoms with Gasteiger partial charge in [-0.05, 0) is 13.3 Å². The van der Waals surface area contributed by atoms with E-state index in [9.17, 15) is 13.2 Å². The molecule has 0 spiro atoms. The van der Waals surface area contributed by atoms with Crippen LogP contribution >= 0.6 is 11.3 Å². The van der Waals surface area contributed by atoms with Crippen LogP contribution in [-0.2, 0) is 14.8 Å². The standard InChI is InChI=1S/C10H17N3O4S2/c1-3-4-5-7(8(14)15)13-10-12-6(2)9(18-10)19(11,16)17/h7H,3-5H2,1-2H3,(H,12,13)(H,14,15)(H2,11,16,17)/t7-/m0/s1. The van der Waals surface area contributed by atoms with Gasteiger partial charge in [0.2, 0.25) is 10.0 Å². The quantitative estimate of drug-likeness (QED) is 0.694. The van der Waals surface area contributed by atoms with Gasteiger partial charge in [0.1, 0.15) is 6.04 Å². The zero-order valence-electron chi connectivity index (χ0n) is 10.7. The summed E-state index contributed by atoms with van der Waals surface area (Å²) < 4.78 is 22.5. The third-order valence-corrected chi connectivity index (χ3v) is 5.10. The van der Waals surface area contributed by atoms with Crippen molar-refractivity contribution in [1.82, 2.24) is 4.98 Å². The predicted molar refractivity (Wildman–Crippen MR) is 72.8 cm³/mol. The molecule has 9 heteroatoms. The van der Waals surface area contributed by atoms with Gasteiger partial charge in [-0.3, -0.25) is 0 Å². The molecule has 0 amide bonds. The number of rotatable bonds is 7. The number of hydrogen-bond donors (Lipinski definition) is 3. The molecule has 0 aromatic carbocycles. The van der Waals surface area contributed by atoms with Gasteiger partial charge in [-0.25, -0.2) is 23.3 Å². The summed E-state index contributed by atoms with van der Waals surface area (Å²) in [4.78, 5) is 15.1. The first-order valence-electron chi connectivity index (χ1n) is 5.75. The summed E-state index contributed by atoms with van der Waals surface area (Å²) in [6.45, 7) is 3.48. The molecule has 1 heterocycles. The van der Waals surface area contributed by atoms with E-state index >= 15 is 0 Å². The Morgan fingerprint density at radius 3 is 2.63 bits per heavy atom. The molecule has 1 rings (SSSR count). The molecule has 0 aliphatic heterocycles. The number of aryl methyl sites for hydroxylation is 1. The van der Waals surface area contributed by atoms with Crippen LogP contribution in [0.2, 0.25) is 0 Å². The van der Waals surface area contributed by atoms with Crippen molar-refractivity contribution in [2.24, 2.45) is 5.14 Å². The van der Waals surface area contributed by atoms with Crippen LogP contribution in [0.5, 0.6) is 0 Å². The SMILES string of the molecule is CCCC[C@H](Nc1nc(C)c(S(N)(=O)=O)s1)C(=O)O. The second-order valence-corrected chi connectivity index (χ2v) is 6.87. The Morgan fingerprint density at radius 1 is 1.58 bits per heavy atom. The molecule has 0 fully saturated rings. The Hall–Kier alpha value is -1.19. The molecule has 0 saturated heterocycles. The predicted octanol–water partition coefficient (Wildman–Crippen LogP) is 1.15. The zero-order valence-corrected chi connectivity index (χ0v) is 12.3. The van der Waals surface area contributed by atoms with Crippen molar-refractivity contribution >= 4 is 32.5 Å². The topological polar surface area (TPSA) is 122 Å². The molecule has 1 aromatic rings. The maximum atomic E-state index is 11.3. The number of nitrogens with zero attached hydrogens (tertiary/aromatic N) is 1. The number of nitrogens with two attached hydrogens (primary N) is 1. The minimum Gasteiger partial charge on any atom is -0.480 e. The van der Waals surface area contributed by atoms with Crippen LogP contribution in [0, 0.1) is 6.92 Å². The zero-order chi connectivity index (χ0) is 14.6. The van der Waals surface area contributed by atoms with Crippen LogP contribution in [0.25, 0.3) is 0 Å². The van der Waals surface area contributed by atoms with E-state index in [1.807, 2.05) is 6.92 Å². The summed E-state index contributed by atoms with van der Waals surface area (Å²) in [6, 6.07) is -0.779. The van der Waals surface area contributed by atoms with Gasteiger partial charge in [0.15, 0.2) is 9.34 Å². The molecule has 4 N–H and O–H groups in total. The molecule has 0 bridgehead atoms. The third kappa shape index (κ3) is 4.44. The summed E-state index contributed by atoms with van der Waals surface area (Å²) in [5.74, 6) is -0.988. The van der Waals surface area contributed by atoms with Gasteiger partial charge in [0.25, 0.3) is 0 Å². The maximum Gasteiger partial charge on any atom is 0.326 e. The first-order valence-corrected chi connectivity index (χ1v) is 8.11. The molecule has 108 valence electrons. The van der Waals surface area contributed by atoms with Crippen LogP contribution in [0.3, 0.4) is 0 Å². The van der Waals surface area contributed by atoms with Gasteiger partial charge in [0, 0.05) is 0 Å². The smallest absolute Gasteiger partial charge is 0.326 e. The number of nitrogens with one attached hydrogen (secondary N) is 1. The lowest BCUT2D eigenvalue weighted by Crippen LogP contribution is -2.29. The van der Waals surface area contributed by atoms with Gasteiger partial charge in [-0.15, -0.1) is 0 Å². The van der Waals surface area contributed by atoms with Crippen molar-refractivity contribution in [1.29, 1.82) is 0 Å². The molecule has 0 aliphatic carbocycles. The number of carboxylic acid groups (broad SMARTS) is 1. The molecular weight excluding hydrogens is 290 g/mol. The number of hydrogen-bond acceptors (Lipinski definition) is 6. The number of anilines is 1. The number of unbranched alkanes of at least 4 members (excludes halogenated alkanes) is 1. The van der Waals surface area contributed by atoms with Crippen molar-refractivity contribution in [3.8, 4) is 0 Å². The minimum atomic E-state index is -3.82. The van der Waals surface area contributed by atoms with E-state index in [1.165, 1.54) is 6.92 Å². The van der Waals surface area contributed by atoms with Crippen LogP contribution in [0.4, 0.5) is 5.13 Å². The fourth-order valence-electron chi connectivity index (χ4n) is 1.52. The van der Waals surface area contributed by atoms with Gasteiger partial charge in [-0.1, -0.05) is 31.1 Å². The van der Waals surface area contributed by atoms with Gasteiger partial charge < -0.3 is 10.4 Å². The van der Waals surface area contributed by atoms with E-state index in [0.29, 0.717) is 6.42 Å². The average Bonchev–Trinajstić information content (AvgIpc) is 2.65. The molecule has 19 heavy (non-hydrogen) atoms. The highest BCUT2D eigenvalue weighted by molar-refractivity contribution is 7.91. The summed E-state index contributed by atoms with van der Waals surface area (Å²) in [6.07, 6.45) is 2.09. The Morgan fingerprint density at radius 2 is 2.21 bits per heavy atom. The molecule has 1 atom stereocenters. The fraction of sp³-hybridized carbons (Fsp3) is 0.600. The average molecular weight is 307 g/mol. The Bertz CT molecular complexity index is 553. The number of carbonyl (C=O) groups is 1. The van der Waals surface area contributed by atoms with Gasteiger partial charge in [0.05, 0.1) is 5.69 Å². The highest BCUT2D eigenvalue weighted by atomic mass is 32.2. The Labute approximate surface area is 115 Å². The van der Waals surface area contributed by atoms with E-state index < -0.39 is 22.0 Å². The van der Waals surface area contributed by atoms with Crippen molar-refractivity contribution in [2.75, 3.05) is 5.32 Å². The Kier molecular flexibility index (Phi) is 5.27. The molecule has 0 unspecified atom stereocenters. The molecule has 1 aromatic heterocycles. The molecule has 0 aliphatic rings. The lowest BCUT2D eigenvalue weighted by atomic mass is 10.1. The lowest BCUT2D eigenvalue weighted by Gasteiger charge is -2.12. The monoisotopic (exact) mass is 307 g/mol. The van der Waals surface area contributed by atoms with E-state index in [4.69, 9.17) is 10.2 Å². The van der Waals surface area contributed by atoms with Crippen LogP contribution < -0.4 is 10.5 Å². The third-order valence-electron chi connectivity index (χ3n) is 2.45. The number of thiazole rings is 1. The minimum absolute atomic E-state index is 0.0466. The summed E-state index contributed by atoms with van der Waals surface area (Å²) >= 11 is 0.847.